The Morgan fingerprint density at radius 2 is 2.30 bits per heavy atom. The van der Waals surface area contributed by atoms with Gasteiger partial charge in [-0.25, -0.2) is 0 Å². The van der Waals surface area contributed by atoms with Crippen LogP contribution in [0, 0.1) is 6.92 Å². The molecule has 0 bridgehead atoms. The molecule has 0 amide bonds. The predicted molar refractivity (Wildman–Crippen MR) is 37.9 cm³/mol. The molecule has 10 heavy (non-hydrogen) atoms. The average molecular weight is 140 g/mol. The van der Waals surface area contributed by atoms with E-state index in [1.54, 1.807) is 6.92 Å². The number of aromatic hydroxyl groups is 1. The van der Waals surface area contributed by atoms with Gasteiger partial charge >= 0.3 is 0 Å². The van der Waals surface area contributed by atoms with Crippen LogP contribution in [0.25, 0.3) is 0 Å². The smallest absolute Gasteiger partial charge is 0.274 e. The summed E-state index contributed by atoms with van der Waals surface area (Å²) in [5, 5.41) is 9.04. The third-order valence-electron chi connectivity index (χ3n) is 1.29. The van der Waals surface area contributed by atoms with Gasteiger partial charge in [-0.15, -0.1) is 0 Å². The number of nitrogens with one attached hydrogen (secondary N) is 1. The van der Waals surface area contributed by atoms with Gasteiger partial charge in [-0.1, -0.05) is 0 Å². The molecule has 0 radical (unpaired) electrons. The summed E-state index contributed by atoms with van der Waals surface area (Å²) in [4.78, 5) is 13.0. The fourth-order valence-corrected chi connectivity index (χ4v) is 0.640. The van der Waals surface area contributed by atoms with E-state index in [4.69, 9.17) is 10.8 Å². The van der Waals surface area contributed by atoms with Gasteiger partial charge in [0.2, 0.25) is 0 Å². The summed E-state index contributed by atoms with van der Waals surface area (Å²) in [6, 6.07) is 0. The van der Waals surface area contributed by atoms with Crippen molar-refractivity contribution in [2.45, 2.75) is 6.92 Å². The van der Waals surface area contributed by atoms with Gasteiger partial charge in [0.1, 0.15) is 11.4 Å². The van der Waals surface area contributed by atoms with Crippen molar-refractivity contribution in [1.82, 2.24) is 4.98 Å². The van der Waals surface area contributed by atoms with Crippen LogP contribution in [-0.2, 0) is 0 Å². The molecule has 1 heterocycles. The predicted octanol–water partition coefficient (Wildman–Crippen LogP) is -0.0289. The third kappa shape index (κ3) is 0.834. The van der Waals surface area contributed by atoms with Crippen molar-refractivity contribution < 1.29 is 5.11 Å². The van der Waals surface area contributed by atoms with Crippen LogP contribution < -0.4 is 11.3 Å². The summed E-state index contributed by atoms with van der Waals surface area (Å²) in [6.45, 7) is 1.65. The maximum absolute atomic E-state index is 10.7. The molecule has 4 nitrogen and oxygen atoms in total. The lowest BCUT2D eigenvalue weighted by atomic mass is 10.2. The number of hydrogen-bond donors (Lipinski definition) is 3. The van der Waals surface area contributed by atoms with E-state index >= 15 is 0 Å². The lowest BCUT2D eigenvalue weighted by Gasteiger charge is -1.98. The van der Waals surface area contributed by atoms with Crippen molar-refractivity contribution in [2.75, 3.05) is 5.73 Å². The van der Waals surface area contributed by atoms with E-state index in [9.17, 15) is 4.79 Å². The molecular formula is C6H8N2O2. The number of aromatic nitrogens is 1. The first-order valence-electron chi connectivity index (χ1n) is 2.79. The number of nitrogen functional groups attached to an aromatic ring is 1. The number of aryl methyl sites for hydroxylation is 1. The van der Waals surface area contributed by atoms with Crippen LogP contribution in [0.5, 0.6) is 5.75 Å². The van der Waals surface area contributed by atoms with Gasteiger partial charge < -0.3 is 15.8 Å². The van der Waals surface area contributed by atoms with Crippen LogP contribution in [0.15, 0.2) is 11.0 Å². The maximum atomic E-state index is 10.7. The molecule has 4 N–H and O–H groups in total. The Kier molecular flexibility index (Phi) is 1.37. The molecule has 0 saturated carbocycles. The van der Waals surface area contributed by atoms with Crippen LogP contribution in [-0.4, -0.2) is 10.1 Å². The minimum Gasteiger partial charge on any atom is -0.505 e. The fourth-order valence-electron chi connectivity index (χ4n) is 0.640. The van der Waals surface area contributed by atoms with Crippen molar-refractivity contribution >= 4 is 5.69 Å². The number of aromatic amines is 1. The highest BCUT2D eigenvalue weighted by molar-refractivity contribution is 5.52. The zero-order valence-electron chi connectivity index (χ0n) is 5.51. The first-order valence-corrected chi connectivity index (χ1v) is 2.79. The molecule has 0 aliphatic rings. The first kappa shape index (κ1) is 6.67. The normalized spacial score (nSPS) is 9.70. The second-order valence-electron chi connectivity index (χ2n) is 2.06. The highest BCUT2D eigenvalue weighted by Gasteiger charge is 2.02. The summed E-state index contributed by atoms with van der Waals surface area (Å²) in [5.41, 5.74) is 5.18. The van der Waals surface area contributed by atoms with E-state index in [0.717, 1.165) is 0 Å². The van der Waals surface area contributed by atoms with Crippen molar-refractivity contribution in [3.63, 3.8) is 0 Å². The number of pyridine rings is 1. The van der Waals surface area contributed by atoms with E-state index in [1.807, 2.05) is 0 Å². The molecule has 0 fully saturated rings. The van der Waals surface area contributed by atoms with Gasteiger partial charge in [0.05, 0.1) is 0 Å². The molecule has 4 heteroatoms. The number of nitrogens with two attached hydrogens (primary N) is 1. The van der Waals surface area contributed by atoms with Crippen LogP contribution in [0.1, 0.15) is 5.56 Å². The van der Waals surface area contributed by atoms with E-state index in [0.29, 0.717) is 5.56 Å². The minimum atomic E-state index is -0.455. The van der Waals surface area contributed by atoms with Crippen LogP contribution in [0.3, 0.4) is 0 Å². The van der Waals surface area contributed by atoms with Crippen molar-refractivity contribution in [3.8, 4) is 5.75 Å². The Morgan fingerprint density at radius 3 is 2.80 bits per heavy atom. The molecule has 0 spiro atoms. The molecule has 0 aliphatic carbocycles. The van der Waals surface area contributed by atoms with E-state index in [2.05, 4.69) is 4.98 Å². The van der Waals surface area contributed by atoms with Gasteiger partial charge in [0.15, 0.2) is 0 Å². The summed E-state index contributed by atoms with van der Waals surface area (Å²) in [7, 11) is 0. The molecule has 54 valence electrons. The van der Waals surface area contributed by atoms with Gasteiger partial charge in [-0.2, -0.15) is 0 Å². The molecule has 1 rings (SSSR count). The number of H-pyrrole nitrogens is 1. The van der Waals surface area contributed by atoms with Gasteiger partial charge in [0, 0.05) is 11.8 Å². The van der Waals surface area contributed by atoms with Crippen LogP contribution >= 0.6 is 0 Å². The highest BCUT2D eigenvalue weighted by atomic mass is 16.3. The molecule has 0 unspecified atom stereocenters. The Morgan fingerprint density at radius 1 is 1.70 bits per heavy atom. The van der Waals surface area contributed by atoms with E-state index in [1.165, 1.54) is 6.20 Å². The van der Waals surface area contributed by atoms with Gasteiger partial charge in [0.25, 0.3) is 5.56 Å². The highest BCUT2D eigenvalue weighted by Crippen LogP contribution is 2.17. The molecule has 1 aromatic rings. The minimum absolute atomic E-state index is 0.125. The molecule has 0 aliphatic heterocycles. The molecule has 0 aromatic carbocycles. The standard InChI is InChI=1S/C6H8N2O2/c1-3-2-8-6(10)4(7)5(3)9/h2H,7H2,1H3,(H2,8,9,10). The third-order valence-corrected chi connectivity index (χ3v) is 1.29. The van der Waals surface area contributed by atoms with Crippen LogP contribution in [0.2, 0.25) is 0 Å². The Balaban J connectivity index is 3.49. The summed E-state index contributed by atoms with van der Waals surface area (Å²) in [6.07, 6.45) is 1.41. The van der Waals surface area contributed by atoms with Crippen molar-refractivity contribution in [3.05, 3.63) is 22.1 Å². The number of hydrogen-bond acceptors (Lipinski definition) is 3. The van der Waals surface area contributed by atoms with Gasteiger partial charge in [-0.3, -0.25) is 4.79 Å². The molecule has 1 aromatic heterocycles. The second-order valence-corrected chi connectivity index (χ2v) is 2.06. The summed E-state index contributed by atoms with van der Waals surface area (Å²) in [5.74, 6) is -0.135. The zero-order valence-corrected chi connectivity index (χ0v) is 5.51. The van der Waals surface area contributed by atoms with E-state index in [-0.39, 0.29) is 11.4 Å². The lowest BCUT2D eigenvalue weighted by Crippen LogP contribution is -2.11. The van der Waals surface area contributed by atoms with Crippen molar-refractivity contribution in [1.29, 1.82) is 0 Å². The SMILES string of the molecule is Cc1c[nH]c(=O)c(N)c1O. The second kappa shape index (κ2) is 2.06. The summed E-state index contributed by atoms with van der Waals surface area (Å²) < 4.78 is 0. The van der Waals surface area contributed by atoms with Crippen molar-refractivity contribution in [2.24, 2.45) is 0 Å². The Bertz CT molecular complexity index is 303. The van der Waals surface area contributed by atoms with E-state index < -0.39 is 5.56 Å². The maximum Gasteiger partial charge on any atom is 0.274 e. The molecule has 0 atom stereocenters. The Labute approximate surface area is 57.3 Å². The first-order chi connectivity index (χ1) is 4.63. The van der Waals surface area contributed by atoms with Gasteiger partial charge in [-0.05, 0) is 6.92 Å². The zero-order chi connectivity index (χ0) is 7.72. The number of rotatable bonds is 0. The topological polar surface area (TPSA) is 79.1 Å². The monoisotopic (exact) mass is 140 g/mol. The van der Waals surface area contributed by atoms with Crippen LogP contribution in [0.4, 0.5) is 5.69 Å². The Hall–Kier alpha value is -1.45. The molecular weight excluding hydrogens is 132 g/mol. The fraction of sp³-hybridized carbons (Fsp3) is 0.167. The largest absolute Gasteiger partial charge is 0.505 e. The average Bonchev–Trinajstić information content (AvgIpc) is 1.93. The quantitative estimate of drug-likeness (QED) is 0.473. The molecule has 0 saturated heterocycles. The lowest BCUT2D eigenvalue weighted by molar-refractivity contribution is 0.472. The number of anilines is 1. The summed E-state index contributed by atoms with van der Waals surface area (Å²) >= 11 is 0.